The standard InChI is InChI=1S/C18H16N2/c1-2-5-16-13-20(11-9-14(16)4-1)17-7-8-18-15(12-17)6-3-10-19-18/h1-8,10,12H,9,11,13H2. The van der Waals surface area contributed by atoms with Gasteiger partial charge in [-0.05, 0) is 41.8 Å². The predicted octanol–water partition coefficient (Wildman–Crippen LogP) is 3.80. The summed E-state index contributed by atoms with van der Waals surface area (Å²) in [5, 5.41) is 1.21. The Morgan fingerprint density at radius 1 is 0.900 bits per heavy atom. The van der Waals surface area contributed by atoms with Crippen LogP contribution in [0, 0.1) is 0 Å². The average molecular weight is 260 g/mol. The van der Waals surface area contributed by atoms with E-state index in [4.69, 9.17) is 0 Å². The molecule has 0 bridgehead atoms. The van der Waals surface area contributed by atoms with E-state index in [1.54, 1.807) is 0 Å². The zero-order chi connectivity index (χ0) is 13.4. The number of pyridine rings is 1. The van der Waals surface area contributed by atoms with Crippen LogP contribution in [0.15, 0.2) is 60.8 Å². The van der Waals surface area contributed by atoms with Crippen LogP contribution < -0.4 is 4.90 Å². The Hall–Kier alpha value is -2.35. The monoisotopic (exact) mass is 260 g/mol. The summed E-state index contributed by atoms with van der Waals surface area (Å²) in [5.74, 6) is 0. The molecule has 1 aliphatic rings. The summed E-state index contributed by atoms with van der Waals surface area (Å²) in [7, 11) is 0. The fraction of sp³-hybridized carbons (Fsp3) is 0.167. The zero-order valence-corrected chi connectivity index (χ0v) is 11.3. The van der Waals surface area contributed by atoms with Gasteiger partial charge in [-0.1, -0.05) is 30.3 Å². The normalized spacial score (nSPS) is 14.3. The molecule has 4 rings (SSSR count). The van der Waals surface area contributed by atoms with Gasteiger partial charge < -0.3 is 4.90 Å². The van der Waals surface area contributed by atoms with Crippen LogP contribution in [0.5, 0.6) is 0 Å². The van der Waals surface area contributed by atoms with Crippen LogP contribution in [0.25, 0.3) is 10.9 Å². The van der Waals surface area contributed by atoms with E-state index in [0.717, 1.165) is 25.0 Å². The summed E-state index contributed by atoms with van der Waals surface area (Å²) < 4.78 is 0. The summed E-state index contributed by atoms with van der Waals surface area (Å²) >= 11 is 0. The van der Waals surface area contributed by atoms with Gasteiger partial charge in [-0.3, -0.25) is 4.98 Å². The Morgan fingerprint density at radius 2 is 1.80 bits per heavy atom. The highest BCUT2D eigenvalue weighted by Crippen LogP contribution is 2.26. The van der Waals surface area contributed by atoms with Crippen LogP contribution >= 0.6 is 0 Å². The number of anilines is 1. The highest BCUT2D eigenvalue weighted by atomic mass is 15.1. The van der Waals surface area contributed by atoms with Crippen molar-refractivity contribution in [2.24, 2.45) is 0 Å². The molecule has 1 aliphatic heterocycles. The highest BCUT2D eigenvalue weighted by molar-refractivity contribution is 5.82. The minimum Gasteiger partial charge on any atom is -0.367 e. The van der Waals surface area contributed by atoms with Crippen molar-refractivity contribution in [3.63, 3.8) is 0 Å². The highest BCUT2D eigenvalue weighted by Gasteiger charge is 2.16. The Morgan fingerprint density at radius 3 is 2.75 bits per heavy atom. The quantitative estimate of drug-likeness (QED) is 0.661. The van der Waals surface area contributed by atoms with Crippen LogP contribution in [0.1, 0.15) is 11.1 Å². The van der Waals surface area contributed by atoms with Gasteiger partial charge in [-0.2, -0.15) is 0 Å². The average Bonchev–Trinajstić information content (AvgIpc) is 2.54. The smallest absolute Gasteiger partial charge is 0.0703 e. The molecule has 0 atom stereocenters. The van der Waals surface area contributed by atoms with Crippen molar-refractivity contribution in [1.29, 1.82) is 0 Å². The fourth-order valence-electron chi connectivity index (χ4n) is 2.98. The van der Waals surface area contributed by atoms with Gasteiger partial charge in [-0.15, -0.1) is 0 Å². The van der Waals surface area contributed by atoms with Crippen molar-refractivity contribution in [3.05, 3.63) is 71.9 Å². The van der Waals surface area contributed by atoms with Crippen LogP contribution in [0.2, 0.25) is 0 Å². The molecule has 2 heterocycles. The van der Waals surface area contributed by atoms with Crippen LogP contribution in [-0.4, -0.2) is 11.5 Å². The van der Waals surface area contributed by atoms with E-state index in [1.807, 2.05) is 12.3 Å². The predicted molar refractivity (Wildman–Crippen MR) is 82.9 cm³/mol. The molecular weight excluding hydrogens is 244 g/mol. The summed E-state index contributed by atoms with van der Waals surface area (Å²) in [6.07, 6.45) is 2.97. The molecule has 3 aromatic rings. The summed E-state index contributed by atoms with van der Waals surface area (Å²) in [4.78, 5) is 6.84. The maximum absolute atomic E-state index is 4.38. The second-order valence-corrected chi connectivity index (χ2v) is 5.32. The summed E-state index contributed by atoms with van der Waals surface area (Å²) in [5.41, 5.74) is 5.30. The fourth-order valence-corrected chi connectivity index (χ4v) is 2.98. The number of fused-ring (bicyclic) bond motifs is 2. The van der Waals surface area contributed by atoms with Crippen molar-refractivity contribution in [3.8, 4) is 0 Å². The molecule has 0 unspecified atom stereocenters. The SMILES string of the molecule is c1ccc2c(c1)CCN(c1ccc3ncccc3c1)C2. The van der Waals surface area contributed by atoms with E-state index >= 15 is 0 Å². The molecule has 2 aromatic carbocycles. The molecule has 0 spiro atoms. The van der Waals surface area contributed by atoms with Crippen molar-refractivity contribution >= 4 is 16.6 Å². The third kappa shape index (κ3) is 1.94. The molecule has 0 amide bonds. The van der Waals surface area contributed by atoms with Gasteiger partial charge in [0.2, 0.25) is 0 Å². The van der Waals surface area contributed by atoms with Gasteiger partial charge in [0.25, 0.3) is 0 Å². The Bertz CT molecular complexity index is 764. The zero-order valence-electron chi connectivity index (χ0n) is 11.3. The minimum absolute atomic E-state index is 1.00. The second kappa shape index (κ2) is 4.64. The molecule has 98 valence electrons. The van der Waals surface area contributed by atoms with Gasteiger partial charge in [-0.25, -0.2) is 0 Å². The number of hydrogen-bond acceptors (Lipinski definition) is 2. The van der Waals surface area contributed by atoms with E-state index in [1.165, 1.54) is 22.2 Å². The molecule has 0 radical (unpaired) electrons. The van der Waals surface area contributed by atoms with E-state index in [0.29, 0.717) is 0 Å². The topological polar surface area (TPSA) is 16.1 Å². The number of aromatic nitrogens is 1. The summed E-state index contributed by atoms with van der Waals surface area (Å²) in [6.45, 7) is 2.09. The van der Waals surface area contributed by atoms with E-state index in [2.05, 4.69) is 58.4 Å². The minimum atomic E-state index is 1.00. The van der Waals surface area contributed by atoms with E-state index in [9.17, 15) is 0 Å². The van der Waals surface area contributed by atoms with Crippen molar-refractivity contribution in [2.45, 2.75) is 13.0 Å². The third-order valence-corrected chi connectivity index (χ3v) is 4.08. The largest absolute Gasteiger partial charge is 0.367 e. The molecular formula is C18H16N2. The van der Waals surface area contributed by atoms with E-state index < -0.39 is 0 Å². The number of nitrogens with zero attached hydrogens (tertiary/aromatic N) is 2. The molecule has 0 N–H and O–H groups in total. The lowest BCUT2D eigenvalue weighted by atomic mass is 9.99. The number of benzene rings is 2. The lowest BCUT2D eigenvalue weighted by Crippen LogP contribution is -2.30. The first-order chi connectivity index (χ1) is 9.90. The Balaban J connectivity index is 1.70. The number of hydrogen-bond donors (Lipinski definition) is 0. The molecule has 20 heavy (non-hydrogen) atoms. The first-order valence-corrected chi connectivity index (χ1v) is 7.07. The lowest BCUT2D eigenvalue weighted by molar-refractivity contribution is 0.732. The molecule has 1 aromatic heterocycles. The first-order valence-electron chi connectivity index (χ1n) is 7.07. The van der Waals surface area contributed by atoms with Gasteiger partial charge in [0, 0.05) is 30.4 Å². The maximum atomic E-state index is 4.38. The molecule has 0 saturated carbocycles. The van der Waals surface area contributed by atoms with Crippen molar-refractivity contribution < 1.29 is 0 Å². The van der Waals surface area contributed by atoms with Crippen molar-refractivity contribution in [2.75, 3.05) is 11.4 Å². The Labute approximate surface area is 118 Å². The van der Waals surface area contributed by atoms with Crippen LogP contribution in [0.4, 0.5) is 5.69 Å². The molecule has 2 heteroatoms. The molecule has 0 saturated heterocycles. The van der Waals surface area contributed by atoms with E-state index in [-0.39, 0.29) is 0 Å². The molecule has 0 fully saturated rings. The third-order valence-electron chi connectivity index (χ3n) is 4.08. The first kappa shape index (κ1) is 11.5. The molecule has 0 aliphatic carbocycles. The van der Waals surface area contributed by atoms with Gasteiger partial charge in [0.05, 0.1) is 5.52 Å². The summed E-state index contributed by atoms with van der Waals surface area (Å²) in [6, 6.07) is 19.4. The molecule has 2 nitrogen and oxygen atoms in total. The van der Waals surface area contributed by atoms with Crippen LogP contribution in [0.3, 0.4) is 0 Å². The van der Waals surface area contributed by atoms with Gasteiger partial charge in [0.1, 0.15) is 0 Å². The number of rotatable bonds is 1. The van der Waals surface area contributed by atoms with Gasteiger partial charge >= 0.3 is 0 Å². The van der Waals surface area contributed by atoms with Crippen LogP contribution in [-0.2, 0) is 13.0 Å². The van der Waals surface area contributed by atoms with Gasteiger partial charge in [0.15, 0.2) is 0 Å². The lowest BCUT2D eigenvalue weighted by Gasteiger charge is -2.30. The van der Waals surface area contributed by atoms with Crippen molar-refractivity contribution in [1.82, 2.24) is 4.98 Å². The Kier molecular flexibility index (Phi) is 2.66. The second-order valence-electron chi connectivity index (χ2n) is 5.32. The maximum Gasteiger partial charge on any atom is 0.0703 e.